The molecule has 1 aliphatic rings. The first-order valence-electron chi connectivity index (χ1n) is 9.56. The maximum Gasteiger partial charge on any atom is 0.335 e. The molecule has 0 spiro atoms. The molecule has 0 atom stereocenters. The van der Waals surface area contributed by atoms with Crippen LogP contribution >= 0.6 is 27.5 Å². The van der Waals surface area contributed by atoms with Gasteiger partial charge in [-0.15, -0.1) is 0 Å². The van der Waals surface area contributed by atoms with E-state index in [1.54, 1.807) is 12.1 Å². The summed E-state index contributed by atoms with van der Waals surface area (Å²) in [5, 5.41) is 12.3. The predicted octanol–water partition coefficient (Wildman–Crippen LogP) is 5.07. The number of amides is 4. The zero-order valence-corrected chi connectivity index (χ0v) is 18.9. The van der Waals surface area contributed by atoms with Crippen LogP contribution in [0.4, 0.5) is 10.5 Å². The third-order valence-electron chi connectivity index (χ3n) is 4.94. The van der Waals surface area contributed by atoms with Gasteiger partial charge in [0.15, 0.2) is 0 Å². The maximum absolute atomic E-state index is 13.0. The first-order valence-corrected chi connectivity index (χ1v) is 10.7. The highest BCUT2D eigenvalue weighted by molar-refractivity contribution is 9.10. The monoisotopic (exact) mass is 510 g/mol. The molecule has 0 aliphatic carbocycles. The molecule has 1 heterocycles. The van der Waals surface area contributed by atoms with E-state index in [1.807, 2.05) is 30.3 Å². The first kappa shape index (κ1) is 21.8. The lowest BCUT2D eigenvalue weighted by Crippen LogP contribution is -2.54. The van der Waals surface area contributed by atoms with Crippen LogP contribution in [-0.4, -0.2) is 23.0 Å². The number of halogens is 2. The van der Waals surface area contributed by atoms with E-state index in [9.17, 15) is 19.5 Å². The highest BCUT2D eigenvalue weighted by Crippen LogP contribution is 2.27. The number of carbonyl (C=O) groups excluding carboxylic acids is 3. The lowest BCUT2D eigenvalue weighted by Gasteiger charge is -2.26. The van der Waals surface area contributed by atoms with Crippen LogP contribution in [-0.2, 0) is 16.0 Å². The van der Waals surface area contributed by atoms with E-state index < -0.39 is 17.8 Å². The van der Waals surface area contributed by atoms with Crippen LogP contribution in [0.15, 0.2) is 76.8 Å². The number of carbonyl (C=O) groups is 3. The number of nitrogens with one attached hydrogen (secondary N) is 1. The molecule has 3 aromatic carbocycles. The molecular weight excluding hydrogens is 496 g/mol. The number of urea groups is 1. The largest absolute Gasteiger partial charge is 0.508 e. The lowest BCUT2D eigenvalue weighted by atomic mass is 10.0. The summed E-state index contributed by atoms with van der Waals surface area (Å²) >= 11 is 9.79. The van der Waals surface area contributed by atoms with Crippen molar-refractivity contribution in [2.45, 2.75) is 6.42 Å². The highest BCUT2D eigenvalue weighted by atomic mass is 79.9. The second-order valence-electron chi connectivity index (χ2n) is 7.09. The Morgan fingerprint density at radius 2 is 1.69 bits per heavy atom. The topological polar surface area (TPSA) is 86.7 Å². The van der Waals surface area contributed by atoms with Crippen LogP contribution in [0.25, 0.3) is 6.08 Å². The fraction of sp³-hybridized carbons (Fsp3) is 0.0417. The summed E-state index contributed by atoms with van der Waals surface area (Å²) in [5.41, 5.74) is 2.63. The van der Waals surface area contributed by atoms with E-state index in [0.29, 0.717) is 17.0 Å². The summed E-state index contributed by atoms with van der Waals surface area (Å²) in [6.45, 7) is 0. The van der Waals surface area contributed by atoms with Crippen LogP contribution in [0.2, 0.25) is 5.02 Å². The van der Waals surface area contributed by atoms with Gasteiger partial charge in [0.05, 0.1) is 5.69 Å². The number of phenolic OH excluding ortho intramolecular Hbond substituents is 1. The molecule has 6 nitrogen and oxygen atoms in total. The zero-order chi connectivity index (χ0) is 22.8. The first-order chi connectivity index (χ1) is 15.3. The molecule has 1 fully saturated rings. The number of benzene rings is 3. The zero-order valence-electron chi connectivity index (χ0n) is 16.5. The van der Waals surface area contributed by atoms with Crippen molar-refractivity contribution in [3.05, 3.63) is 98.5 Å². The fourth-order valence-electron chi connectivity index (χ4n) is 3.30. The number of anilines is 1. The van der Waals surface area contributed by atoms with E-state index in [1.165, 1.54) is 30.3 Å². The second-order valence-corrected chi connectivity index (χ2v) is 8.35. The van der Waals surface area contributed by atoms with Gasteiger partial charge in [-0.2, -0.15) is 0 Å². The molecule has 32 heavy (non-hydrogen) atoms. The Hall–Kier alpha value is -3.42. The van der Waals surface area contributed by atoms with Gasteiger partial charge in [-0.3, -0.25) is 14.9 Å². The number of rotatable bonds is 4. The van der Waals surface area contributed by atoms with Crippen LogP contribution in [0, 0.1) is 0 Å². The van der Waals surface area contributed by atoms with Crippen molar-refractivity contribution >= 4 is 57.1 Å². The van der Waals surface area contributed by atoms with Crippen molar-refractivity contribution in [2.24, 2.45) is 0 Å². The summed E-state index contributed by atoms with van der Waals surface area (Å²) in [6.07, 6.45) is 2.04. The molecule has 8 heteroatoms. The quantitative estimate of drug-likeness (QED) is 0.378. The van der Waals surface area contributed by atoms with Gasteiger partial charge in [0.2, 0.25) is 0 Å². The van der Waals surface area contributed by atoms with Gasteiger partial charge in [-0.1, -0.05) is 57.9 Å². The summed E-state index contributed by atoms with van der Waals surface area (Å²) in [6, 6.07) is 17.7. The number of imide groups is 2. The van der Waals surface area contributed by atoms with Crippen molar-refractivity contribution in [3.8, 4) is 5.75 Å². The van der Waals surface area contributed by atoms with Crippen molar-refractivity contribution in [1.29, 1.82) is 0 Å². The summed E-state index contributed by atoms with van der Waals surface area (Å²) in [7, 11) is 0. The minimum atomic E-state index is -0.848. The average Bonchev–Trinajstić information content (AvgIpc) is 2.75. The SMILES string of the molecule is O=C1NC(=O)N(c2ccc(O)cc2)C(=O)/C1=C/c1ccc(Cc2ccccc2Cl)c(Br)c1. The summed E-state index contributed by atoms with van der Waals surface area (Å²) < 4.78 is 0.793. The molecule has 3 aromatic rings. The Morgan fingerprint density at radius 3 is 2.38 bits per heavy atom. The lowest BCUT2D eigenvalue weighted by molar-refractivity contribution is -0.122. The molecule has 0 bridgehead atoms. The minimum Gasteiger partial charge on any atom is -0.508 e. The molecule has 0 radical (unpaired) electrons. The van der Waals surface area contributed by atoms with Gasteiger partial charge >= 0.3 is 6.03 Å². The number of nitrogens with zero attached hydrogens (tertiary/aromatic N) is 1. The van der Waals surface area contributed by atoms with Gasteiger partial charge in [-0.25, -0.2) is 9.69 Å². The van der Waals surface area contributed by atoms with Crippen LogP contribution in [0.5, 0.6) is 5.75 Å². The minimum absolute atomic E-state index is 0.00723. The number of hydrogen-bond acceptors (Lipinski definition) is 4. The smallest absolute Gasteiger partial charge is 0.335 e. The standard InChI is InChI=1S/C24H16BrClN2O4/c25-20-12-14(5-6-15(20)13-16-3-1-2-4-21(16)26)11-19-22(30)27-24(32)28(23(19)31)17-7-9-18(29)10-8-17/h1-12,29H,13H2,(H,27,30,32)/b19-11+. The van der Waals surface area contributed by atoms with Crippen molar-refractivity contribution < 1.29 is 19.5 Å². The van der Waals surface area contributed by atoms with E-state index in [-0.39, 0.29) is 17.0 Å². The van der Waals surface area contributed by atoms with E-state index >= 15 is 0 Å². The maximum atomic E-state index is 13.0. The Labute approximate surface area is 197 Å². The highest BCUT2D eigenvalue weighted by Gasteiger charge is 2.36. The third-order valence-corrected chi connectivity index (χ3v) is 6.04. The molecule has 2 N–H and O–H groups in total. The third kappa shape index (κ3) is 4.44. The van der Waals surface area contributed by atoms with Gasteiger partial charge in [-0.05, 0) is 59.2 Å². The number of barbiturate groups is 1. The molecule has 1 saturated heterocycles. The molecule has 0 saturated carbocycles. The Morgan fingerprint density at radius 1 is 0.969 bits per heavy atom. The molecule has 0 unspecified atom stereocenters. The van der Waals surface area contributed by atoms with Crippen LogP contribution in [0.1, 0.15) is 16.7 Å². The van der Waals surface area contributed by atoms with Gasteiger partial charge in [0.25, 0.3) is 11.8 Å². The second kappa shape index (κ2) is 8.98. The Balaban J connectivity index is 1.63. The summed E-state index contributed by atoms with van der Waals surface area (Å²) in [4.78, 5) is 38.4. The van der Waals surface area contributed by atoms with E-state index in [0.717, 1.165) is 20.5 Å². The van der Waals surface area contributed by atoms with Gasteiger partial charge < -0.3 is 5.11 Å². The number of aromatic hydroxyl groups is 1. The van der Waals surface area contributed by atoms with Crippen molar-refractivity contribution in [3.63, 3.8) is 0 Å². The van der Waals surface area contributed by atoms with Crippen molar-refractivity contribution in [2.75, 3.05) is 4.90 Å². The Kier molecular flexibility index (Phi) is 6.12. The normalized spacial score (nSPS) is 15.2. The number of phenols is 1. The molecular formula is C24H16BrClN2O4. The molecule has 0 aromatic heterocycles. The van der Waals surface area contributed by atoms with Crippen LogP contribution in [0.3, 0.4) is 0 Å². The molecule has 160 valence electrons. The van der Waals surface area contributed by atoms with Crippen LogP contribution < -0.4 is 10.2 Å². The van der Waals surface area contributed by atoms with E-state index in [4.69, 9.17) is 11.6 Å². The van der Waals surface area contributed by atoms with Gasteiger partial charge in [0.1, 0.15) is 11.3 Å². The predicted molar refractivity (Wildman–Crippen MR) is 126 cm³/mol. The summed E-state index contributed by atoms with van der Waals surface area (Å²) in [5.74, 6) is -1.53. The molecule has 4 rings (SSSR count). The van der Waals surface area contributed by atoms with E-state index in [2.05, 4.69) is 21.2 Å². The number of hydrogen-bond donors (Lipinski definition) is 2. The fourth-order valence-corrected chi connectivity index (χ4v) is 4.04. The van der Waals surface area contributed by atoms with Crippen molar-refractivity contribution in [1.82, 2.24) is 5.32 Å². The average molecular weight is 512 g/mol. The van der Waals surface area contributed by atoms with Gasteiger partial charge in [0, 0.05) is 15.9 Å². The molecule has 1 aliphatic heterocycles. The molecule has 4 amide bonds. The Bertz CT molecular complexity index is 1270.